The Morgan fingerprint density at radius 2 is 1.48 bits per heavy atom. The highest BCUT2D eigenvalue weighted by molar-refractivity contribution is 6.74. The van der Waals surface area contributed by atoms with Crippen LogP contribution in [0.5, 0.6) is 5.75 Å². The molecule has 27 heavy (non-hydrogen) atoms. The number of benzene rings is 1. The lowest BCUT2D eigenvalue weighted by molar-refractivity contribution is 0.0231. The molecule has 0 spiro atoms. The first kappa shape index (κ1) is 23.2. The van der Waals surface area contributed by atoms with Crippen molar-refractivity contribution in [3.63, 3.8) is 0 Å². The van der Waals surface area contributed by atoms with Gasteiger partial charge in [-0.05, 0) is 70.1 Å². The molecule has 0 aliphatic heterocycles. The molecule has 1 aromatic carbocycles. The Morgan fingerprint density at radius 1 is 1.00 bits per heavy atom. The van der Waals surface area contributed by atoms with Gasteiger partial charge in [-0.25, -0.2) is 4.79 Å². The molecule has 0 aliphatic carbocycles. The lowest BCUT2D eigenvalue weighted by Crippen LogP contribution is -2.44. The van der Waals surface area contributed by atoms with Crippen LogP contribution in [0.15, 0.2) is 24.3 Å². The second kappa shape index (κ2) is 8.05. The second-order valence-corrected chi connectivity index (χ2v) is 14.2. The topological polar surface area (TPSA) is 55.8 Å². The lowest BCUT2D eigenvalue weighted by atomic mass is 10.0. The molecule has 1 rings (SSSR count). The number of likely N-dealkylation sites (N-methyl/N-ethyl adjacent to an activating group) is 1. The average molecular weight is 394 g/mol. The number of hydrogen-bond donors (Lipinski definition) is 0. The van der Waals surface area contributed by atoms with Gasteiger partial charge in [-0.15, -0.1) is 0 Å². The number of ketones is 1. The Labute approximate surface area is 165 Å². The van der Waals surface area contributed by atoms with Crippen molar-refractivity contribution < 1.29 is 18.8 Å². The van der Waals surface area contributed by atoms with Gasteiger partial charge in [0.2, 0.25) is 8.32 Å². The van der Waals surface area contributed by atoms with Gasteiger partial charge >= 0.3 is 6.09 Å². The first-order chi connectivity index (χ1) is 12.0. The zero-order chi connectivity index (χ0) is 21.2. The predicted octanol–water partition coefficient (Wildman–Crippen LogP) is 5.51. The van der Waals surface area contributed by atoms with E-state index in [4.69, 9.17) is 9.16 Å². The standard InChI is InChI=1S/C21H35NO4Si/c1-15(22(8)19(24)25-20(2,3)4)18(23)16-11-13-17(14-12-16)26-27(9,10)21(5,6)7/h11-15H,1-10H3/t15-/m0/s1. The van der Waals surface area contributed by atoms with Crippen LogP contribution in [-0.4, -0.2) is 43.8 Å². The van der Waals surface area contributed by atoms with Crippen LogP contribution in [0.3, 0.4) is 0 Å². The first-order valence-electron chi connectivity index (χ1n) is 9.34. The minimum absolute atomic E-state index is 0.103. The van der Waals surface area contributed by atoms with Gasteiger partial charge < -0.3 is 14.1 Å². The Kier molecular flexibility index (Phi) is 6.92. The van der Waals surface area contributed by atoms with Crippen molar-refractivity contribution in [2.24, 2.45) is 0 Å². The van der Waals surface area contributed by atoms with Gasteiger partial charge in [0.25, 0.3) is 0 Å². The minimum atomic E-state index is -1.92. The highest BCUT2D eigenvalue weighted by Gasteiger charge is 2.39. The maximum absolute atomic E-state index is 12.7. The fourth-order valence-electron chi connectivity index (χ4n) is 2.04. The van der Waals surface area contributed by atoms with Crippen LogP contribution in [0.4, 0.5) is 4.79 Å². The van der Waals surface area contributed by atoms with E-state index in [0.29, 0.717) is 5.56 Å². The molecule has 1 atom stereocenters. The third-order valence-corrected chi connectivity index (χ3v) is 9.32. The zero-order valence-corrected chi connectivity index (χ0v) is 19.5. The maximum Gasteiger partial charge on any atom is 0.410 e. The number of amides is 1. The molecule has 0 aromatic heterocycles. The number of nitrogens with zero attached hydrogens (tertiary/aromatic N) is 1. The Balaban J connectivity index is 2.86. The maximum atomic E-state index is 12.7. The molecule has 0 heterocycles. The van der Waals surface area contributed by atoms with E-state index in [1.54, 1.807) is 46.9 Å². The molecule has 1 aromatic rings. The quantitative estimate of drug-likeness (QED) is 0.489. The molecule has 0 bridgehead atoms. The molecule has 0 fully saturated rings. The van der Waals surface area contributed by atoms with Crippen molar-refractivity contribution in [2.75, 3.05) is 7.05 Å². The molecule has 5 nitrogen and oxygen atoms in total. The lowest BCUT2D eigenvalue weighted by Gasteiger charge is -2.36. The molecule has 0 saturated carbocycles. The largest absolute Gasteiger partial charge is 0.544 e. The monoisotopic (exact) mass is 393 g/mol. The van der Waals surface area contributed by atoms with Crippen molar-refractivity contribution in [2.45, 2.75) is 78.2 Å². The highest BCUT2D eigenvalue weighted by Crippen LogP contribution is 2.37. The summed E-state index contributed by atoms with van der Waals surface area (Å²) in [6, 6.07) is 6.54. The third kappa shape index (κ3) is 6.38. The van der Waals surface area contributed by atoms with Crippen LogP contribution in [0.2, 0.25) is 18.1 Å². The van der Waals surface area contributed by atoms with Crippen LogP contribution >= 0.6 is 0 Å². The van der Waals surface area contributed by atoms with Crippen LogP contribution in [0.1, 0.15) is 58.8 Å². The number of ether oxygens (including phenoxy) is 1. The van der Waals surface area contributed by atoms with Gasteiger partial charge in [0.15, 0.2) is 5.78 Å². The second-order valence-electron chi connectivity index (χ2n) is 9.52. The van der Waals surface area contributed by atoms with Crippen LogP contribution in [-0.2, 0) is 4.74 Å². The molecule has 6 heteroatoms. The van der Waals surface area contributed by atoms with Crippen molar-refractivity contribution >= 4 is 20.2 Å². The molecule has 0 radical (unpaired) electrons. The average Bonchev–Trinajstić information content (AvgIpc) is 2.50. The molecule has 0 aliphatic rings. The Hall–Kier alpha value is -1.82. The van der Waals surface area contributed by atoms with E-state index in [-0.39, 0.29) is 10.8 Å². The summed E-state index contributed by atoms with van der Waals surface area (Å²) < 4.78 is 11.6. The van der Waals surface area contributed by atoms with E-state index in [1.165, 1.54) is 4.90 Å². The highest BCUT2D eigenvalue weighted by atomic mass is 28.4. The summed E-state index contributed by atoms with van der Waals surface area (Å²) in [4.78, 5) is 26.2. The van der Waals surface area contributed by atoms with E-state index in [0.717, 1.165) is 5.75 Å². The SMILES string of the molecule is C[C@@H](C(=O)c1ccc(O[Si](C)(C)C(C)(C)C)cc1)N(C)C(=O)OC(C)(C)C. The first-order valence-corrected chi connectivity index (χ1v) is 12.2. The fraction of sp³-hybridized carbons (Fsp3) is 0.619. The number of carbonyl (C=O) groups is 2. The Bertz CT molecular complexity index is 669. The number of rotatable bonds is 5. The predicted molar refractivity (Wildman–Crippen MR) is 112 cm³/mol. The normalized spacial score (nSPS) is 13.7. The summed E-state index contributed by atoms with van der Waals surface area (Å²) >= 11 is 0. The van der Waals surface area contributed by atoms with Gasteiger partial charge in [0, 0.05) is 12.6 Å². The molecular weight excluding hydrogens is 358 g/mol. The summed E-state index contributed by atoms with van der Waals surface area (Å²) in [5, 5.41) is 0.103. The van der Waals surface area contributed by atoms with Crippen LogP contribution in [0, 0.1) is 0 Å². The van der Waals surface area contributed by atoms with Crippen molar-refractivity contribution in [1.29, 1.82) is 0 Å². The third-order valence-electron chi connectivity index (χ3n) is 4.96. The summed E-state index contributed by atoms with van der Waals surface area (Å²) in [5.74, 6) is 0.633. The van der Waals surface area contributed by atoms with E-state index < -0.39 is 26.1 Å². The van der Waals surface area contributed by atoms with Crippen molar-refractivity contribution in [1.82, 2.24) is 4.90 Å². The van der Waals surface area contributed by atoms with Gasteiger partial charge in [0.05, 0.1) is 6.04 Å². The van der Waals surface area contributed by atoms with E-state index in [9.17, 15) is 9.59 Å². The van der Waals surface area contributed by atoms with E-state index in [1.807, 2.05) is 12.1 Å². The molecular formula is C21H35NO4Si. The van der Waals surface area contributed by atoms with Crippen molar-refractivity contribution in [3.05, 3.63) is 29.8 Å². The molecule has 0 N–H and O–H groups in total. The number of hydrogen-bond acceptors (Lipinski definition) is 4. The number of Topliss-reactive ketones (excluding diaryl/α,β-unsaturated/α-hetero) is 1. The van der Waals surface area contributed by atoms with Gasteiger partial charge in [0.1, 0.15) is 11.4 Å². The molecule has 152 valence electrons. The molecule has 0 saturated heterocycles. The van der Waals surface area contributed by atoms with E-state index in [2.05, 4.69) is 33.9 Å². The summed E-state index contributed by atoms with van der Waals surface area (Å²) in [6.45, 7) is 18.0. The molecule has 0 unspecified atom stereocenters. The summed E-state index contributed by atoms with van der Waals surface area (Å²) in [6.07, 6.45) is -0.513. The minimum Gasteiger partial charge on any atom is -0.544 e. The van der Waals surface area contributed by atoms with Crippen LogP contribution < -0.4 is 4.43 Å². The zero-order valence-electron chi connectivity index (χ0n) is 18.5. The van der Waals surface area contributed by atoms with Gasteiger partial charge in [-0.1, -0.05) is 20.8 Å². The summed E-state index contributed by atoms with van der Waals surface area (Å²) in [5.41, 5.74) is -0.0582. The summed E-state index contributed by atoms with van der Waals surface area (Å²) in [7, 11) is -0.347. The van der Waals surface area contributed by atoms with Crippen LogP contribution in [0.25, 0.3) is 0 Å². The van der Waals surface area contributed by atoms with Crippen molar-refractivity contribution in [3.8, 4) is 5.75 Å². The molecule has 1 amide bonds. The van der Waals surface area contributed by atoms with Gasteiger partial charge in [-0.2, -0.15) is 0 Å². The van der Waals surface area contributed by atoms with Gasteiger partial charge in [-0.3, -0.25) is 4.79 Å². The fourth-order valence-corrected chi connectivity index (χ4v) is 3.08. The van der Waals surface area contributed by atoms with E-state index >= 15 is 0 Å². The number of carbonyl (C=O) groups excluding carboxylic acids is 2. The Morgan fingerprint density at radius 3 is 1.89 bits per heavy atom. The smallest absolute Gasteiger partial charge is 0.410 e.